The molecule has 3 amide bonds. The van der Waals surface area contributed by atoms with Gasteiger partial charge in [-0.25, -0.2) is 4.79 Å². The molecule has 0 saturated carbocycles. The van der Waals surface area contributed by atoms with Crippen molar-refractivity contribution in [1.29, 1.82) is 0 Å². The Morgan fingerprint density at radius 1 is 1.11 bits per heavy atom. The molecule has 0 spiro atoms. The Kier molecular flexibility index (Phi) is 6.18. The van der Waals surface area contributed by atoms with Crippen LogP contribution in [-0.2, 0) is 11.3 Å². The molecule has 8 heteroatoms. The molecule has 1 aromatic carbocycles. The molecule has 1 N–H and O–H groups in total. The van der Waals surface area contributed by atoms with Crippen molar-refractivity contribution >= 4 is 11.9 Å². The summed E-state index contributed by atoms with van der Waals surface area (Å²) in [6.07, 6.45) is 0. The Hall–Kier alpha value is -2.32. The van der Waals surface area contributed by atoms with Crippen molar-refractivity contribution < 1.29 is 19.1 Å². The molecule has 2 saturated heterocycles. The maximum Gasteiger partial charge on any atom is 0.324 e. The zero-order valence-corrected chi connectivity index (χ0v) is 16.2. The number of urea groups is 1. The third kappa shape index (κ3) is 4.33. The summed E-state index contributed by atoms with van der Waals surface area (Å²) < 4.78 is 10.7. The first-order chi connectivity index (χ1) is 13.0. The number of imide groups is 1. The fourth-order valence-corrected chi connectivity index (χ4v) is 3.61. The largest absolute Gasteiger partial charge is 0.493 e. The Balaban J connectivity index is 1.53. The molecule has 0 aliphatic carbocycles. The lowest BCUT2D eigenvalue weighted by molar-refractivity contribution is -0.133. The number of methoxy groups -OCH3 is 2. The van der Waals surface area contributed by atoms with Gasteiger partial charge in [0.25, 0.3) is 0 Å². The first kappa shape index (κ1) is 19.4. The Bertz CT molecular complexity index is 688. The van der Waals surface area contributed by atoms with E-state index in [9.17, 15) is 9.59 Å². The third-order valence-electron chi connectivity index (χ3n) is 5.29. The van der Waals surface area contributed by atoms with Crippen LogP contribution in [-0.4, -0.2) is 86.2 Å². The fraction of sp³-hybridized carbons (Fsp3) is 0.579. The van der Waals surface area contributed by atoms with Gasteiger partial charge >= 0.3 is 6.03 Å². The average Bonchev–Trinajstić information content (AvgIpc) is 3.13. The molecule has 3 rings (SSSR count). The van der Waals surface area contributed by atoms with Crippen LogP contribution < -0.4 is 14.8 Å². The number of carbonyl (C=O) groups is 2. The van der Waals surface area contributed by atoms with Gasteiger partial charge in [-0.3, -0.25) is 19.5 Å². The summed E-state index contributed by atoms with van der Waals surface area (Å²) in [4.78, 5) is 30.1. The van der Waals surface area contributed by atoms with Gasteiger partial charge in [0.1, 0.15) is 0 Å². The van der Waals surface area contributed by atoms with Crippen LogP contribution in [0.1, 0.15) is 12.5 Å². The number of nitrogens with zero attached hydrogens (tertiary/aromatic N) is 3. The molecule has 2 aliphatic rings. The Morgan fingerprint density at radius 3 is 2.41 bits per heavy atom. The number of hydrogen-bond donors (Lipinski definition) is 1. The summed E-state index contributed by atoms with van der Waals surface area (Å²) in [6, 6.07) is 5.41. The lowest BCUT2D eigenvalue weighted by Crippen LogP contribution is -2.54. The van der Waals surface area contributed by atoms with Crippen LogP contribution in [0.15, 0.2) is 18.2 Å². The van der Waals surface area contributed by atoms with Gasteiger partial charge in [0.2, 0.25) is 5.91 Å². The van der Waals surface area contributed by atoms with Crippen molar-refractivity contribution in [2.24, 2.45) is 0 Å². The van der Waals surface area contributed by atoms with E-state index in [1.165, 1.54) is 10.5 Å². The number of amides is 3. The molecule has 0 aromatic heterocycles. The third-order valence-corrected chi connectivity index (χ3v) is 5.29. The number of piperazine rings is 1. The summed E-state index contributed by atoms with van der Waals surface area (Å²) in [7, 11) is 3.27. The maximum atomic E-state index is 12.5. The van der Waals surface area contributed by atoms with Gasteiger partial charge in [0.15, 0.2) is 11.5 Å². The lowest BCUT2D eigenvalue weighted by Gasteiger charge is -2.38. The van der Waals surface area contributed by atoms with Crippen molar-refractivity contribution in [2.75, 3.05) is 53.5 Å². The number of hydrogen-bond acceptors (Lipinski definition) is 6. The van der Waals surface area contributed by atoms with Crippen LogP contribution in [0.3, 0.4) is 0 Å². The molecule has 8 nitrogen and oxygen atoms in total. The highest BCUT2D eigenvalue weighted by atomic mass is 16.5. The number of nitrogens with one attached hydrogen (secondary N) is 1. The highest BCUT2D eigenvalue weighted by molar-refractivity contribution is 5.98. The summed E-state index contributed by atoms with van der Waals surface area (Å²) in [6.45, 7) is 7.06. The molecule has 148 valence electrons. The van der Waals surface area contributed by atoms with Crippen molar-refractivity contribution in [3.8, 4) is 11.5 Å². The van der Waals surface area contributed by atoms with E-state index in [4.69, 9.17) is 9.47 Å². The molecule has 2 heterocycles. The minimum Gasteiger partial charge on any atom is -0.493 e. The second-order valence-corrected chi connectivity index (χ2v) is 6.90. The molecular weight excluding hydrogens is 348 g/mol. The quantitative estimate of drug-likeness (QED) is 0.790. The van der Waals surface area contributed by atoms with Crippen LogP contribution in [0, 0.1) is 0 Å². The average molecular weight is 376 g/mol. The van der Waals surface area contributed by atoms with E-state index in [0.717, 1.165) is 44.2 Å². The van der Waals surface area contributed by atoms with Crippen molar-refractivity contribution in [3.05, 3.63) is 23.8 Å². The van der Waals surface area contributed by atoms with Gasteiger partial charge < -0.3 is 14.8 Å². The van der Waals surface area contributed by atoms with E-state index >= 15 is 0 Å². The second kappa shape index (κ2) is 8.58. The molecular formula is C19H28N4O4. The predicted molar refractivity (Wildman–Crippen MR) is 101 cm³/mol. The van der Waals surface area contributed by atoms with Gasteiger partial charge in [-0.15, -0.1) is 0 Å². The van der Waals surface area contributed by atoms with E-state index in [-0.39, 0.29) is 18.0 Å². The Labute approximate surface area is 160 Å². The number of ether oxygens (including phenoxy) is 2. The normalized spacial score (nSPS) is 19.7. The molecule has 2 aliphatic heterocycles. The fourth-order valence-electron chi connectivity index (χ4n) is 3.61. The highest BCUT2D eigenvalue weighted by Crippen LogP contribution is 2.28. The van der Waals surface area contributed by atoms with Crippen LogP contribution >= 0.6 is 0 Å². The lowest BCUT2D eigenvalue weighted by atomic mass is 10.1. The van der Waals surface area contributed by atoms with Crippen LogP contribution in [0.2, 0.25) is 0 Å². The minimum absolute atomic E-state index is 0.113. The molecule has 2 fully saturated rings. The zero-order chi connectivity index (χ0) is 19.4. The second-order valence-electron chi connectivity index (χ2n) is 6.90. The number of benzene rings is 1. The van der Waals surface area contributed by atoms with Crippen LogP contribution in [0.25, 0.3) is 0 Å². The minimum atomic E-state index is -0.280. The maximum absolute atomic E-state index is 12.5. The van der Waals surface area contributed by atoms with E-state index in [0.29, 0.717) is 13.1 Å². The van der Waals surface area contributed by atoms with Crippen molar-refractivity contribution in [1.82, 2.24) is 20.0 Å². The van der Waals surface area contributed by atoms with Gasteiger partial charge in [-0.1, -0.05) is 6.07 Å². The monoisotopic (exact) mass is 376 g/mol. The number of carbonyl (C=O) groups excluding carboxylic acids is 2. The summed E-state index contributed by atoms with van der Waals surface area (Å²) in [5, 5.41) is 2.68. The van der Waals surface area contributed by atoms with E-state index in [1.54, 1.807) is 14.2 Å². The van der Waals surface area contributed by atoms with Gasteiger partial charge in [-0.2, -0.15) is 0 Å². The molecule has 0 unspecified atom stereocenters. The van der Waals surface area contributed by atoms with E-state index in [1.807, 2.05) is 25.1 Å². The van der Waals surface area contributed by atoms with Gasteiger partial charge in [0.05, 0.1) is 20.3 Å². The summed E-state index contributed by atoms with van der Waals surface area (Å²) in [5.41, 5.74) is 1.17. The van der Waals surface area contributed by atoms with E-state index < -0.39 is 0 Å². The smallest absolute Gasteiger partial charge is 0.324 e. The highest BCUT2D eigenvalue weighted by Gasteiger charge is 2.33. The molecule has 0 radical (unpaired) electrons. The zero-order valence-electron chi connectivity index (χ0n) is 16.2. The molecule has 1 atom stereocenters. The van der Waals surface area contributed by atoms with E-state index in [2.05, 4.69) is 15.1 Å². The Morgan fingerprint density at radius 2 is 1.81 bits per heavy atom. The summed E-state index contributed by atoms with van der Waals surface area (Å²) >= 11 is 0. The first-order valence-corrected chi connectivity index (χ1v) is 9.30. The molecule has 27 heavy (non-hydrogen) atoms. The van der Waals surface area contributed by atoms with Crippen molar-refractivity contribution in [3.63, 3.8) is 0 Å². The van der Waals surface area contributed by atoms with Crippen molar-refractivity contribution in [2.45, 2.75) is 19.5 Å². The summed E-state index contributed by atoms with van der Waals surface area (Å²) in [5.74, 6) is 1.35. The van der Waals surface area contributed by atoms with Gasteiger partial charge in [0, 0.05) is 45.8 Å². The predicted octanol–water partition coefficient (Wildman–Crippen LogP) is 0.762. The van der Waals surface area contributed by atoms with Gasteiger partial charge in [-0.05, 0) is 24.6 Å². The van der Waals surface area contributed by atoms with Crippen LogP contribution in [0.4, 0.5) is 4.79 Å². The topological polar surface area (TPSA) is 74.4 Å². The van der Waals surface area contributed by atoms with Crippen LogP contribution in [0.5, 0.6) is 11.5 Å². The molecule has 1 aromatic rings. The first-order valence-electron chi connectivity index (χ1n) is 9.30. The molecule has 0 bridgehead atoms. The SMILES string of the molecule is COc1ccc(CN2CCN([C@@H](C)C(=O)N3CCNC3=O)CC2)cc1OC. The number of rotatable bonds is 6. The standard InChI is InChI=1S/C19H28N4O4/c1-14(18(24)23-7-6-20-19(23)25)22-10-8-21(9-11-22)13-15-4-5-16(26-2)17(12-15)27-3/h4-5,12,14H,6-11,13H2,1-3H3,(H,20,25)/t14-/m0/s1.